The Balaban J connectivity index is 1.78. The number of aliphatic imine (C=N–C) groups is 1. The Bertz CT molecular complexity index is 1170. The molecule has 3 aromatic rings. The maximum atomic E-state index is 14.7. The number of nitrogens with two attached hydrogens (primary N) is 1. The quantitative estimate of drug-likeness (QED) is 0.650. The predicted octanol–water partition coefficient (Wildman–Crippen LogP) is 2.11. The van der Waals surface area contributed by atoms with Crippen LogP contribution in [0, 0.1) is 5.82 Å². The maximum absolute atomic E-state index is 14.7. The van der Waals surface area contributed by atoms with E-state index in [0.29, 0.717) is 11.5 Å². The molecule has 28 heavy (non-hydrogen) atoms. The highest BCUT2D eigenvalue weighted by molar-refractivity contribution is 7.98. The summed E-state index contributed by atoms with van der Waals surface area (Å²) >= 11 is 1.37. The first-order valence-corrected chi connectivity index (χ1v) is 10.9. The van der Waals surface area contributed by atoms with Crippen LogP contribution in [0.3, 0.4) is 0 Å². The van der Waals surface area contributed by atoms with Crippen molar-refractivity contribution < 1.29 is 13.0 Å². The maximum Gasteiger partial charge on any atom is 0.259 e. The van der Waals surface area contributed by atoms with E-state index in [-0.39, 0.29) is 23.2 Å². The highest BCUT2D eigenvalue weighted by Gasteiger charge is 2.39. The number of aromatic nitrogens is 3. The minimum atomic E-state index is -2.73. The number of halogens is 1. The zero-order valence-corrected chi connectivity index (χ0v) is 16.8. The average Bonchev–Trinajstić information content (AvgIpc) is 3.31. The van der Waals surface area contributed by atoms with Gasteiger partial charge in [0.2, 0.25) is 11.9 Å². The lowest BCUT2D eigenvalue weighted by Crippen LogP contribution is -2.50. The molecule has 0 aliphatic carbocycles. The molecule has 1 unspecified atom stereocenters. The number of nitrogens with zero attached hydrogens (tertiary/aromatic N) is 5. The van der Waals surface area contributed by atoms with Crippen molar-refractivity contribution in [1.29, 1.82) is 0 Å². The normalized spacial score (nSPS) is 25.0. The van der Waals surface area contributed by atoms with Crippen molar-refractivity contribution in [3.05, 3.63) is 41.3 Å². The molecule has 0 bridgehead atoms. The number of hydrogen-bond acceptors (Lipinski definition) is 8. The van der Waals surface area contributed by atoms with Crippen molar-refractivity contribution in [3.8, 4) is 22.2 Å². The molecular weight excluding hydrogens is 403 g/mol. The van der Waals surface area contributed by atoms with E-state index in [1.807, 2.05) is 0 Å². The molecule has 0 spiro atoms. The van der Waals surface area contributed by atoms with Gasteiger partial charge in [0.05, 0.1) is 27.2 Å². The Morgan fingerprint density at radius 3 is 2.82 bits per heavy atom. The van der Waals surface area contributed by atoms with Gasteiger partial charge in [-0.2, -0.15) is 0 Å². The van der Waals surface area contributed by atoms with Gasteiger partial charge >= 0.3 is 0 Å². The van der Waals surface area contributed by atoms with Gasteiger partial charge in [-0.25, -0.2) is 13.6 Å². The highest BCUT2D eigenvalue weighted by atomic mass is 32.2. The van der Waals surface area contributed by atoms with E-state index in [0.717, 1.165) is 4.88 Å². The molecule has 2 aromatic heterocycles. The topological polar surface area (TPSA) is 110 Å². The second kappa shape index (κ2) is 6.38. The fourth-order valence-corrected chi connectivity index (χ4v) is 5.25. The van der Waals surface area contributed by atoms with E-state index in [1.54, 1.807) is 31.7 Å². The predicted molar refractivity (Wildman–Crippen MR) is 108 cm³/mol. The lowest BCUT2D eigenvalue weighted by molar-refractivity contribution is 0.481. The van der Waals surface area contributed by atoms with Gasteiger partial charge in [-0.1, -0.05) is 0 Å². The van der Waals surface area contributed by atoms with Crippen molar-refractivity contribution in [2.24, 2.45) is 10.7 Å². The Morgan fingerprint density at radius 1 is 1.39 bits per heavy atom. The van der Waals surface area contributed by atoms with Crippen LogP contribution in [-0.2, 0) is 15.2 Å². The van der Waals surface area contributed by atoms with E-state index in [2.05, 4.69) is 26.0 Å². The molecule has 0 amide bonds. The summed E-state index contributed by atoms with van der Waals surface area (Å²) in [6.45, 7) is 1.68. The van der Waals surface area contributed by atoms with Crippen LogP contribution in [0.15, 0.2) is 39.3 Å². The van der Waals surface area contributed by atoms with Gasteiger partial charge in [-0.15, -0.1) is 21.5 Å². The highest BCUT2D eigenvalue weighted by Crippen LogP contribution is 2.36. The fraction of sp³-hybridized carbons (Fsp3) is 0.235. The van der Waals surface area contributed by atoms with E-state index < -0.39 is 21.1 Å². The first-order valence-electron chi connectivity index (χ1n) is 8.16. The average molecular weight is 420 g/mol. The summed E-state index contributed by atoms with van der Waals surface area (Å²) in [6.07, 6.45) is 1.62. The van der Waals surface area contributed by atoms with Crippen molar-refractivity contribution in [2.45, 2.75) is 12.5 Å². The third kappa shape index (κ3) is 3.06. The zero-order chi connectivity index (χ0) is 20.1. The third-order valence-electron chi connectivity index (χ3n) is 4.55. The second-order valence-corrected chi connectivity index (χ2v) is 9.90. The summed E-state index contributed by atoms with van der Waals surface area (Å²) < 4.78 is 34.6. The van der Waals surface area contributed by atoms with Crippen LogP contribution in [0.4, 0.5) is 4.39 Å². The van der Waals surface area contributed by atoms with E-state index in [1.165, 1.54) is 27.8 Å². The lowest BCUT2D eigenvalue weighted by Gasteiger charge is -2.37. The number of hydrogen-bond donors (Lipinski definition) is 1. The summed E-state index contributed by atoms with van der Waals surface area (Å²) in [5.41, 5.74) is 7.18. The molecule has 4 rings (SSSR count). The summed E-state index contributed by atoms with van der Waals surface area (Å²) in [6, 6.07) is 4.40. The first-order chi connectivity index (χ1) is 13.2. The molecular formula is C17H17FN6O2S2. The summed E-state index contributed by atoms with van der Waals surface area (Å²) in [5.74, 6) is 3.88. The fourth-order valence-electron chi connectivity index (χ4n) is 3.03. The molecule has 11 heteroatoms. The van der Waals surface area contributed by atoms with Gasteiger partial charge in [0.1, 0.15) is 16.2 Å². The molecule has 1 aromatic carbocycles. The number of guanidine groups is 1. The van der Waals surface area contributed by atoms with Crippen LogP contribution in [0.2, 0.25) is 0 Å². The monoisotopic (exact) mass is 420 g/mol. The molecule has 0 saturated carbocycles. The number of thiazole rings is 1. The molecule has 146 valence electrons. The molecule has 1 aliphatic rings. The smallest absolute Gasteiger partial charge is 0.259 e. The standard InChI is InChI=1S/C17H17FN6O2S2/c1-17(8-28(3,25)24(2)16(19)21-17)11-6-10(4-5-12(11)18)14-22-23-15(26-14)13-7-20-9-27-13/h4-7,9H,3,8H2,1-2H3,(H2,19,21)/t17-,28?/m0/s1. The minimum Gasteiger partial charge on any atom is -0.415 e. The zero-order valence-electron chi connectivity index (χ0n) is 15.1. The van der Waals surface area contributed by atoms with Crippen LogP contribution < -0.4 is 5.73 Å². The van der Waals surface area contributed by atoms with Crippen molar-refractivity contribution in [3.63, 3.8) is 0 Å². The SMILES string of the molecule is C=S1(=O)C[C@@](C)(c2cc(-c3nnc(-c4cncs4)o3)ccc2F)N=C(N)N1C. The Labute approximate surface area is 165 Å². The van der Waals surface area contributed by atoms with Gasteiger partial charge in [-0.3, -0.25) is 9.29 Å². The molecule has 1 aliphatic heterocycles. The second-order valence-electron chi connectivity index (χ2n) is 6.63. The Kier molecular flexibility index (Phi) is 4.23. The number of rotatable bonds is 3. The Morgan fingerprint density at radius 2 is 2.14 bits per heavy atom. The van der Waals surface area contributed by atoms with Crippen LogP contribution in [0.25, 0.3) is 22.2 Å². The van der Waals surface area contributed by atoms with Crippen LogP contribution >= 0.6 is 11.3 Å². The third-order valence-corrected chi connectivity index (χ3v) is 7.51. The minimum absolute atomic E-state index is 0.0214. The molecule has 0 saturated heterocycles. The van der Waals surface area contributed by atoms with E-state index >= 15 is 0 Å². The van der Waals surface area contributed by atoms with Crippen LogP contribution in [0.1, 0.15) is 12.5 Å². The molecule has 2 N–H and O–H groups in total. The first kappa shape index (κ1) is 18.6. The van der Waals surface area contributed by atoms with Gasteiger partial charge in [0.15, 0.2) is 0 Å². The van der Waals surface area contributed by atoms with Crippen molar-refractivity contribution in [2.75, 3.05) is 12.8 Å². The molecule has 3 heterocycles. The summed E-state index contributed by atoms with van der Waals surface area (Å²) in [7, 11) is -1.18. The van der Waals surface area contributed by atoms with Gasteiger partial charge < -0.3 is 10.2 Å². The summed E-state index contributed by atoms with van der Waals surface area (Å²) in [4.78, 5) is 9.11. The van der Waals surface area contributed by atoms with Crippen molar-refractivity contribution >= 4 is 32.9 Å². The van der Waals surface area contributed by atoms with E-state index in [9.17, 15) is 8.60 Å². The van der Waals surface area contributed by atoms with Crippen molar-refractivity contribution in [1.82, 2.24) is 19.5 Å². The molecule has 0 radical (unpaired) electrons. The summed E-state index contributed by atoms with van der Waals surface area (Å²) in [5, 5.41) is 8.05. The van der Waals surface area contributed by atoms with Crippen LogP contribution in [0.5, 0.6) is 0 Å². The lowest BCUT2D eigenvalue weighted by atomic mass is 9.92. The van der Waals surface area contributed by atoms with Gasteiger partial charge in [0, 0.05) is 18.2 Å². The largest absolute Gasteiger partial charge is 0.415 e. The molecule has 2 atom stereocenters. The van der Waals surface area contributed by atoms with Gasteiger partial charge in [0.25, 0.3) is 5.89 Å². The van der Waals surface area contributed by atoms with E-state index in [4.69, 9.17) is 10.2 Å². The molecule has 0 fully saturated rings. The van der Waals surface area contributed by atoms with Gasteiger partial charge in [-0.05, 0) is 31.0 Å². The number of benzene rings is 1. The van der Waals surface area contributed by atoms with Crippen LogP contribution in [-0.4, -0.2) is 48.3 Å². The Hall–Kier alpha value is -2.79. The molecule has 8 nitrogen and oxygen atoms in total.